The number of nitrogens with two attached hydrogens (primary N) is 13. The van der Waals surface area contributed by atoms with Gasteiger partial charge in [0, 0.05) is 66.5 Å². The van der Waals surface area contributed by atoms with E-state index in [2.05, 4.69) is 72.5 Å². The molecule has 9 atom stereocenters. The Kier molecular flexibility index (Phi) is 37.3. The van der Waals surface area contributed by atoms with Crippen molar-refractivity contribution in [2.75, 3.05) is 85.3 Å². The van der Waals surface area contributed by atoms with Crippen LogP contribution in [0.4, 0.5) is 5.82 Å². The van der Waals surface area contributed by atoms with Crippen LogP contribution in [0, 0.1) is 0 Å². The molecule has 528 valence electrons. The first-order chi connectivity index (χ1) is 44.4. The number of anilines is 1. The smallest absolute Gasteiger partial charge is 0.383 e. The molecule has 1 unspecified atom stereocenters. The number of morpholine rings is 1. The van der Waals surface area contributed by atoms with Crippen LogP contribution in [0.2, 0.25) is 0 Å². The van der Waals surface area contributed by atoms with Crippen LogP contribution < -0.4 is 123 Å². The summed E-state index contributed by atoms with van der Waals surface area (Å²) >= 11 is 0. The van der Waals surface area contributed by atoms with Gasteiger partial charge in [0.25, 0.3) is 0 Å². The number of nitrogen functional groups attached to an aromatic ring is 1. The van der Waals surface area contributed by atoms with Gasteiger partial charge in [-0.3, -0.25) is 73.2 Å². The van der Waals surface area contributed by atoms with E-state index in [0.29, 0.717) is 0 Å². The van der Waals surface area contributed by atoms with Gasteiger partial charge in [0.1, 0.15) is 61.1 Å². The van der Waals surface area contributed by atoms with Crippen molar-refractivity contribution in [2.45, 2.75) is 139 Å². The van der Waals surface area contributed by atoms with Gasteiger partial charge in [-0.2, -0.15) is 4.98 Å². The minimum Gasteiger partial charge on any atom is -0.383 e. The lowest BCUT2D eigenvalue weighted by atomic mass is 10.0. The highest BCUT2D eigenvalue weighted by Crippen LogP contribution is 2.27. The van der Waals surface area contributed by atoms with Gasteiger partial charge in [-0.25, -0.2) is 4.79 Å². The fourth-order valence-electron chi connectivity index (χ4n) is 8.88. The van der Waals surface area contributed by atoms with Crippen molar-refractivity contribution in [3.8, 4) is 0 Å². The maximum Gasteiger partial charge on any atom is 0.615 e. The highest BCUT2D eigenvalue weighted by Gasteiger charge is 2.37. The summed E-state index contributed by atoms with van der Waals surface area (Å²) in [6.45, 7) is 0.0969. The Morgan fingerprint density at radius 3 is 1.30 bits per heavy atom. The van der Waals surface area contributed by atoms with E-state index in [0.717, 1.165) is 4.57 Å². The van der Waals surface area contributed by atoms with Gasteiger partial charge in [0.15, 0.2) is 36.0 Å². The van der Waals surface area contributed by atoms with Crippen molar-refractivity contribution >= 4 is 91.1 Å². The molecule has 1 aromatic rings. The van der Waals surface area contributed by atoms with Gasteiger partial charge >= 0.3 is 13.9 Å². The first kappa shape index (κ1) is 80.7. The Balaban J connectivity index is 2.60. The maximum atomic E-state index is 14.7. The molecule has 2 heterocycles. The lowest BCUT2D eigenvalue weighted by Gasteiger charge is -2.37. The molecule has 42 nitrogen and oxygen atoms in total. The van der Waals surface area contributed by atoms with Crippen LogP contribution in [0.5, 0.6) is 0 Å². The molecule has 1 aromatic heterocycles. The lowest BCUT2D eigenvalue weighted by molar-refractivity contribution is -0.158. The Bertz CT molecular complexity index is 2860. The third-order valence-corrected chi connectivity index (χ3v) is 14.4. The topological polar surface area (TPSA) is 710 Å². The number of hydrogen-bond donors (Lipinski definition) is 21. The Morgan fingerprint density at radius 1 is 0.596 bits per heavy atom. The van der Waals surface area contributed by atoms with E-state index in [9.17, 15) is 47.7 Å². The van der Waals surface area contributed by atoms with Crippen LogP contribution in [0.15, 0.2) is 42.0 Å². The molecule has 94 heavy (non-hydrogen) atoms. The SMILES string of the molecule is CC(=O)N[C@@H](CCCN=C(N)N)C(=O)N[C@@H](CCCNC(N)N)C(=O)N[C@@H](CCCN=C(N)N)C(=O)N[C@@H](CCCN=C(N)N)C(=O)N[C@@H](CCCN=C(N)N)C(=O)N[C@@H](CCCN=C(N)N)C(=O)NCC(=O)N1C[C@@H](CO[P+](=O)N(C)C)O[C@@H](n2ccc(N)nc2=O)C1. The zero-order chi connectivity index (χ0) is 70.5. The molecule has 8 amide bonds. The van der Waals surface area contributed by atoms with Crippen molar-refractivity contribution < 1.29 is 52.2 Å². The molecule has 0 aliphatic carbocycles. The summed E-state index contributed by atoms with van der Waals surface area (Å²) in [7, 11) is 0.752. The normalized spacial score (nSPS) is 15.6. The standard InChI is InChI=1S/C51H97N30O12P/c1-28(82)72-31(11-5-18-66-46(55)56)40(85)74-33(13-7-20-68-48(59)60)42(87)76-35(15-9-22-70-50(63)64)44(89)77-34(14-8-21-69-49(61)62)43(88)75-32(12-6-19-67-47(57)58)41(86)73-30(10-4-17-65-45(53)54)39(84)71-24-37(83)80-25-29(27-92-94(91)79(2)3)93-38(26-80)81-23-16-36(52)78-51(81)90/h16,23,29-35,38,48,68H,4-15,17-22,24-27,59-60H2,1-3H3,(H28-,52,53,54,55,56,57,58,61,62,63,64,65,66,67,69,70,71,72,73,74,75,76,77,78,82,84,85,86,87,88,89,90)/p+1/t29-,30-,31-,32-,33-,34-,35-,38+/m0/s1. The highest BCUT2D eigenvalue weighted by molar-refractivity contribution is 7.36. The largest absolute Gasteiger partial charge is 0.615 e. The van der Waals surface area contributed by atoms with Crippen LogP contribution in [-0.4, -0.2) is 224 Å². The highest BCUT2D eigenvalue weighted by atomic mass is 31.1. The number of nitrogens with one attached hydrogen (secondary N) is 8. The molecule has 0 radical (unpaired) electrons. The third-order valence-electron chi connectivity index (χ3n) is 13.4. The summed E-state index contributed by atoms with van der Waals surface area (Å²) in [4.78, 5) is 150. The second kappa shape index (κ2) is 43.5. The van der Waals surface area contributed by atoms with Crippen LogP contribution in [0.3, 0.4) is 0 Å². The van der Waals surface area contributed by atoms with Gasteiger partial charge in [-0.05, 0) is 94.2 Å². The van der Waals surface area contributed by atoms with Gasteiger partial charge in [-0.15, -0.1) is 4.52 Å². The van der Waals surface area contributed by atoms with Crippen molar-refractivity contribution in [1.29, 1.82) is 0 Å². The predicted octanol–water partition coefficient (Wildman–Crippen LogP) is -10.3. The second-order valence-electron chi connectivity index (χ2n) is 21.6. The van der Waals surface area contributed by atoms with E-state index in [1.165, 1.54) is 42.9 Å². The van der Waals surface area contributed by atoms with E-state index in [1.54, 1.807) is 0 Å². The molecule has 43 heteroatoms. The zero-order valence-electron chi connectivity index (χ0n) is 53.3. The zero-order valence-corrected chi connectivity index (χ0v) is 54.2. The minimum atomic E-state index is -2.30. The van der Waals surface area contributed by atoms with Crippen molar-refractivity contribution in [2.24, 2.45) is 93.8 Å². The fourth-order valence-corrected chi connectivity index (χ4v) is 9.41. The Hall–Kier alpha value is -9.35. The average Bonchev–Trinajstić information content (AvgIpc) is 0.879. The number of hydrogen-bond acceptors (Lipinski definition) is 22. The number of carbonyl (C=O) groups is 8. The third kappa shape index (κ3) is 33.8. The minimum absolute atomic E-state index is 0.00743. The van der Waals surface area contributed by atoms with Crippen molar-refractivity contribution in [1.82, 2.24) is 61.7 Å². The molecular formula is C51H98N30O12P+. The van der Waals surface area contributed by atoms with Crippen LogP contribution in [0.1, 0.15) is 90.2 Å². The molecule has 1 aliphatic rings. The number of aliphatic imine (C=N–C) groups is 5. The van der Waals surface area contributed by atoms with Gasteiger partial charge in [-0.1, -0.05) is 4.67 Å². The number of aromatic nitrogens is 2. The molecular weight excluding hydrogens is 1260 g/mol. The monoisotopic (exact) mass is 1350 g/mol. The number of ether oxygens (including phenoxy) is 1. The second-order valence-corrected chi connectivity index (χ2v) is 23.1. The average molecular weight is 1350 g/mol. The molecule has 1 fully saturated rings. The summed E-state index contributed by atoms with van der Waals surface area (Å²) in [5.41, 5.74) is 71.7. The molecule has 1 saturated heterocycles. The van der Waals surface area contributed by atoms with Crippen molar-refractivity contribution in [3.05, 3.63) is 22.7 Å². The number of rotatable bonds is 44. The van der Waals surface area contributed by atoms with Gasteiger partial charge in [0.2, 0.25) is 47.3 Å². The molecule has 0 bridgehead atoms. The number of guanidine groups is 5. The van der Waals surface area contributed by atoms with Gasteiger partial charge < -0.3 is 121 Å². The maximum absolute atomic E-state index is 14.7. The molecule has 2 rings (SSSR count). The van der Waals surface area contributed by atoms with Crippen LogP contribution >= 0.6 is 8.18 Å². The predicted molar refractivity (Wildman–Crippen MR) is 350 cm³/mol. The van der Waals surface area contributed by atoms with E-state index < -0.39 is 123 Å². The lowest BCUT2D eigenvalue weighted by Crippen LogP contribution is -2.60. The molecule has 1 aliphatic heterocycles. The quantitative estimate of drug-likeness (QED) is 0.00948. The first-order valence-corrected chi connectivity index (χ1v) is 31.1. The van der Waals surface area contributed by atoms with E-state index in [4.69, 9.17) is 83.8 Å². The molecule has 0 aromatic carbocycles. The number of carbonyl (C=O) groups excluding carboxylic acids is 8. The number of amides is 8. The van der Waals surface area contributed by atoms with Crippen molar-refractivity contribution in [3.63, 3.8) is 0 Å². The molecule has 0 spiro atoms. The van der Waals surface area contributed by atoms with Crippen LogP contribution in [0.25, 0.3) is 0 Å². The van der Waals surface area contributed by atoms with Gasteiger partial charge in [0.05, 0.1) is 13.1 Å². The summed E-state index contributed by atoms with van der Waals surface area (Å²) in [5, 5.41) is 21.2. The van der Waals surface area contributed by atoms with E-state index >= 15 is 0 Å². The summed E-state index contributed by atoms with van der Waals surface area (Å²) in [6.07, 6.45) is -1.57. The summed E-state index contributed by atoms with van der Waals surface area (Å²) < 4.78 is 26.4. The summed E-state index contributed by atoms with van der Waals surface area (Å²) in [6, 6.07) is -7.07. The molecule has 34 N–H and O–H groups in total. The summed E-state index contributed by atoms with van der Waals surface area (Å²) in [5.74, 6) is -7.85. The Labute approximate surface area is 544 Å². The Morgan fingerprint density at radius 2 is 0.957 bits per heavy atom. The molecule has 0 saturated carbocycles. The van der Waals surface area contributed by atoms with E-state index in [-0.39, 0.29) is 172 Å². The number of nitrogens with zero attached hydrogens (tertiary/aromatic N) is 9. The first-order valence-electron chi connectivity index (χ1n) is 30.0. The fraction of sp³-hybridized carbons (Fsp3) is 0.667. The van der Waals surface area contributed by atoms with E-state index in [1.807, 2.05) is 0 Å². The van der Waals surface area contributed by atoms with Crippen LogP contribution in [-0.2, 0) is 52.2 Å².